The molecular formula is C17H21FN2O3. The second-order valence-electron chi connectivity index (χ2n) is 6.25. The normalized spacial score (nSPS) is 16.8. The number of aliphatic hydroxyl groups is 1. The SMILES string of the molecule is COc1cc2c(=O)n(CC(O)CC3CCCC3)cnc2cc1F. The lowest BCUT2D eigenvalue weighted by Gasteiger charge is -2.16. The highest BCUT2D eigenvalue weighted by Crippen LogP contribution is 2.28. The van der Waals surface area contributed by atoms with Gasteiger partial charge < -0.3 is 9.84 Å². The summed E-state index contributed by atoms with van der Waals surface area (Å²) in [5, 5.41) is 10.5. The Balaban J connectivity index is 1.84. The Morgan fingerprint density at radius 2 is 2.17 bits per heavy atom. The number of aliphatic hydroxyl groups excluding tert-OH is 1. The molecule has 1 heterocycles. The quantitative estimate of drug-likeness (QED) is 0.919. The van der Waals surface area contributed by atoms with E-state index in [4.69, 9.17) is 4.74 Å². The predicted octanol–water partition coefficient (Wildman–Crippen LogP) is 2.49. The Kier molecular flexibility index (Phi) is 4.61. The van der Waals surface area contributed by atoms with Gasteiger partial charge in [0.1, 0.15) is 0 Å². The van der Waals surface area contributed by atoms with Crippen molar-refractivity contribution in [2.24, 2.45) is 5.92 Å². The number of halogens is 1. The van der Waals surface area contributed by atoms with Gasteiger partial charge in [-0.15, -0.1) is 0 Å². The van der Waals surface area contributed by atoms with E-state index in [0.29, 0.717) is 17.7 Å². The largest absolute Gasteiger partial charge is 0.494 e. The maximum absolute atomic E-state index is 13.7. The van der Waals surface area contributed by atoms with E-state index in [1.54, 1.807) is 0 Å². The Morgan fingerprint density at radius 3 is 2.87 bits per heavy atom. The van der Waals surface area contributed by atoms with Crippen molar-refractivity contribution in [3.63, 3.8) is 0 Å². The third-order valence-corrected chi connectivity index (χ3v) is 4.59. The highest BCUT2D eigenvalue weighted by atomic mass is 19.1. The summed E-state index contributed by atoms with van der Waals surface area (Å²) in [4.78, 5) is 16.6. The van der Waals surface area contributed by atoms with Gasteiger partial charge >= 0.3 is 0 Å². The van der Waals surface area contributed by atoms with Crippen molar-refractivity contribution in [2.45, 2.75) is 44.8 Å². The first-order valence-electron chi connectivity index (χ1n) is 7.99. The van der Waals surface area contributed by atoms with Crippen LogP contribution in [0, 0.1) is 11.7 Å². The van der Waals surface area contributed by atoms with Crippen LogP contribution >= 0.6 is 0 Å². The van der Waals surface area contributed by atoms with Crippen LogP contribution in [0.15, 0.2) is 23.3 Å². The molecule has 6 heteroatoms. The molecule has 0 saturated heterocycles. The molecule has 1 N–H and O–H groups in total. The number of benzene rings is 1. The van der Waals surface area contributed by atoms with E-state index in [-0.39, 0.29) is 23.4 Å². The topological polar surface area (TPSA) is 64.3 Å². The van der Waals surface area contributed by atoms with Crippen LogP contribution in [0.5, 0.6) is 5.75 Å². The van der Waals surface area contributed by atoms with Crippen molar-refractivity contribution in [1.82, 2.24) is 9.55 Å². The van der Waals surface area contributed by atoms with E-state index in [0.717, 1.165) is 12.8 Å². The molecule has 0 bridgehead atoms. The van der Waals surface area contributed by atoms with Gasteiger partial charge in [0.05, 0.1) is 37.0 Å². The molecule has 124 valence electrons. The number of hydrogen-bond donors (Lipinski definition) is 1. The summed E-state index contributed by atoms with van der Waals surface area (Å²) in [5.41, 5.74) is -0.00592. The molecule has 0 radical (unpaired) electrons. The summed E-state index contributed by atoms with van der Waals surface area (Å²) in [6.07, 6.45) is 6.25. The van der Waals surface area contributed by atoms with Crippen LogP contribution < -0.4 is 10.3 Å². The van der Waals surface area contributed by atoms with Crippen molar-refractivity contribution in [3.05, 3.63) is 34.6 Å². The van der Waals surface area contributed by atoms with Gasteiger partial charge in [0.15, 0.2) is 11.6 Å². The molecule has 1 aromatic heterocycles. The first kappa shape index (κ1) is 15.9. The fourth-order valence-corrected chi connectivity index (χ4v) is 3.38. The molecule has 2 aromatic rings. The Labute approximate surface area is 133 Å². The zero-order chi connectivity index (χ0) is 16.4. The zero-order valence-electron chi connectivity index (χ0n) is 13.2. The molecule has 1 fully saturated rings. The van der Waals surface area contributed by atoms with E-state index in [2.05, 4.69) is 4.98 Å². The molecule has 1 aromatic carbocycles. The van der Waals surface area contributed by atoms with Gasteiger partial charge in [0.2, 0.25) is 0 Å². The lowest BCUT2D eigenvalue weighted by Crippen LogP contribution is -2.28. The molecule has 5 nitrogen and oxygen atoms in total. The zero-order valence-corrected chi connectivity index (χ0v) is 13.2. The van der Waals surface area contributed by atoms with Crippen LogP contribution in [0.4, 0.5) is 4.39 Å². The van der Waals surface area contributed by atoms with Crippen LogP contribution in [0.1, 0.15) is 32.1 Å². The second kappa shape index (κ2) is 6.66. The summed E-state index contributed by atoms with van der Waals surface area (Å²) >= 11 is 0. The van der Waals surface area contributed by atoms with E-state index in [9.17, 15) is 14.3 Å². The van der Waals surface area contributed by atoms with Gasteiger partial charge in [-0.05, 0) is 18.4 Å². The third-order valence-electron chi connectivity index (χ3n) is 4.59. The number of ether oxygens (including phenoxy) is 1. The van der Waals surface area contributed by atoms with Crippen LogP contribution in [0.2, 0.25) is 0 Å². The van der Waals surface area contributed by atoms with E-state index >= 15 is 0 Å². The Hall–Kier alpha value is -1.95. The average Bonchev–Trinajstić information content (AvgIpc) is 3.02. The highest BCUT2D eigenvalue weighted by Gasteiger charge is 2.20. The van der Waals surface area contributed by atoms with E-state index in [1.165, 1.54) is 43.0 Å². The summed E-state index contributed by atoms with van der Waals surface area (Å²) in [7, 11) is 1.35. The monoisotopic (exact) mass is 320 g/mol. The predicted molar refractivity (Wildman–Crippen MR) is 85.1 cm³/mol. The number of rotatable bonds is 5. The van der Waals surface area contributed by atoms with Gasteiger partial charge in [0, 0.05) is 6.07 Å². The summed E-state index contributed by atoms with van der Waals surface area (Å²) in [5.74, 6) is 0.00915. The van der Waals surface area contributed by atoms with Crippen LogP contribution in [0.25, 0.3) is 10.9 Å². The van der Waals surface area contributed by atoms with Gasteiger partial charge in [0.25, 0.3) is 5.56 Å². The van der Waals surface area contributed by atoms with Crippen molar-refractivity contribution >= 4 is 10.9 Å². The van der Waals surface area contributed by atoms with Crippen LogP contribution in [0.3, 0.4) is 0 Å². The standard InChI is InChI=1S/C17H21FN2O3/c1-23-16-7-13-15(8-14(16)18)19-10-20(17(13)22)9-12(21)6-11-4-2-3-5-11/h7-8,10-12,21H,2-6,9H2,1H3. The molecule has 1 unspecified atom stereocenters. The minimum absolute atomic E-state index is 0.0145. The Bertz CT molecular complexity index is 753. The molecule has 1 aliphatic carbocycles. The minimum Gasteiger partial charge on any atom is -0.494 e. The van der Waals surface area contributed by atoms with Gasteiger partial charge in [-0.25, -0.2) is 9.37 Å². The number of aromatic nitrogens is 2. The molecule has 23 heavy (non-hydrogen) atoms. The average molecular weight is 320 g/mol. The van der Waals surface area contributed by atoms with Gasteiger partial charge in [-0.1, -0.05) is 25.7 Å². The smallest absolute Gasteiger partial charge is 0.261 e. The minimum atomic E-state index is -0.572. The highest BCUT2D eigenvalue weighted by molar-refractivity contribution is 5.79. The summed E-state index contributed by atoms with van der Waals surface area (Å²) in [6, 6.07) is 2.55. The summed E-state index contributed by atoms with van der Waals surface area (Å²) < 4.78 is 20.0. The molecule has 1 aliphatic rings. The lowest BCUT2D eigenvalue weighted by atomic mass is 10.00. The van der Waals surface area contributed by atoms with Crippen LogP contribution in [-0.4, -0.2) is 27.9 Å². The Morgan fingerprint density at radius 1 is 1.43 bits per heavy atom. The maximum atomic E-state index is 13.7. The molecule has 1 atom stereocenters. The number of hydrogen-bond acceptors (Lipinski definition) is 4. The fourth-order valence-electron chi connectivity index (χ4n) is 3.38. The molecule has 0 amide bonds. The van der Waals surface area contributed by atoms with Crippen molar-refractivity contribution in [3.8, 4) is 5.75 Å². The maximum Gasteiger partial charge on any atom is 0.261 e. The van der Waals surface area contributed by atoms with Gasteiger partial charge in [-0.3, -0.25) is 9.36 Å². The first-order valence-corrected chi connectivity index (χ1v) is 7.99. The molecular weight excluding hydrogens is 299 g/mol. The van der Waals surface area contributed by atoms with E-state index < -0.39 is 11.9 Å². The number of nitrogens with zero attached hydrogens (tertiary/aromatic N) is 2. The van der Waals surface area contributed by atoms with Crippen molar-refractivity contribution in [2.75, 3.05) is 7.11 Å². The van der Waals surface area contributed by atoms with Crippen molar-refractivity contribution in [1.29, 1.82) is 0 Å². The number of fused-ring (bicyclic) bond motifs is 1. The van der Waals surface area contributed by atoms with E-state index in [1.807, 2.05) is 0 Å². The van der Waals surface area contributed by atoms with Gasteiger partial charge in [-0.2, -0.15) is 0 Å². The number of methoxy groups -OCH3 is 1. The molecule has 0 aliphatic heterocycles. The fraction of sp³-hybridized carbons (Fsp3) is 0.529. The summed E-state index contributed by atoms with van der Waals surface area (Å²) in [6.45, 7) is 0.206. The molecule has 3 rings (SSSR count). The van der Waals surface area contributed by atoms with Crippen LogP contribution in [-0.2, 0) is 6.54 Å². The van der Waals surface area contributed by atoms with Crippen molar-refractivity contribution < 1.29 is 14.2 Å². The first-order chi connectivity index (χ1) is 11.1. The molecule has 1 saturated carbocycles. The lowest BCUT2D eigenvalue weighted by molar-refractivity contribution is 0.123. The molecule has 0 spiro atoms. The third kappa shape index (κ3) is 3.37. The second-order valence-corrected chi connectivity index (χ2v) is 6.25.